The molecule has 1 fully saturated rings. The number of hydrogen-bond donors (Lipinski definition) is 1. The number of aromatic hydroxyl groups is 1. The molecule has 2 aromatic carbocycles. The number of methoxy groups -OCH3 is 1. The maximum absolute atomic E-state index is 9.80. The SMILES string of the molecule is COc1ccc(C2(c3ccc(O)cc3C)CCCCC2)c(C)c1. The highest BCUT2D eigenvalue weighted by atomic mass is 16.5. The van der Waals surface area contributed by atoms with Crippen molar-refractivity contribution in [2.75, 3.05) is 7.11 Å². The minimum absolute atomic E-state index is 0.0619. The fraction of sp³-hybridized carbons (Fsp3) is 0.429. The number of phenols is 1. The van der Waals surface area contributed by atoms with Gasteiger partial charge in [-0.3, -0.25) is 0 Å². The van der Waals surface area contributed by atoms with E-state index in [2.05, 4.69) is 38.1 Å². The Morgan fingerprint density at radius 2 is 1.48 bits per heavy atom. The molecule has 0 radical (unpaired) electrons. The minimum atomic E-state index is 0.0619. The molecule has 0 aromatic heterocycles. The second-order valence-corrected chi connectivity index (χ2v) is 6.82. The first kappa shape index (κ1) is 15.9. The Morgan fingerprint density at radius 3 is 2.04 bits per heavy atom. The van der Waals surface area contributed by atoms with Crippen molar-refractivity contribution < 1.29 is 9.84 Å². The lowest BCUT2D eigenvalue weighted by molar-refractivity contribution is 0.342. The number of hydrogen-bond acceptors (Lipinski definition) is 2. The van der Waals surface area contributed by atoms with Crippen molar-refractivity contribution in [2.24, 2.45) is 0 Å². The summed E-state index contributed by atoms with van der Waals surface area (Å²) in [4.78, 5) is 0. The van der Waals surface area contributed by atoms with Crippen LogP contribution in [0.4, 0.5) is 0 Å². The predicted molar refractivity (Wildman–Crippen MR) is 94.4 cm³/mol. The van der Waals surface area contributed by atoms with Crippen LogP contribution in [0.15, 0.2) is 36.4 Å². The molecule has 2 heteroatoms. The zero-order chi connectivity index (χ0) is 16.4. The van der Waals surface area contributed by atoms with E-state index in [1.807, 2.05) is 12.1 Å². The summed E-state index contributed by atoms with van der Waals surface area (Å²) in [7, 11) is 1.72. The van der Waals surface area contributed by atoms with Gasteiger partial charge in [-0.05, 0) is 73.2 Å². The Hall–Kier alpha value is -1.96. The van der Waals surface area contributed by atoms with Gasteiger partial charge in [-0.1, -0.05) is 31.4 Å². The molecular weight excluding hydrogens is 284 g/mol. The third-order valence-electron chi connectivity index (χ3n) is 5.38. The van der Waals surface area contributed by atoms with E-state index in [1.54, 1.807) is 7.11 Å². The summed E-state index contributed by atoms with van der Waals surface area (Å²) in [5.41, 5.74) is 5.31. The van der Waals surface area contributed by atoms with Gasteiger partial charge in [-0.15, -0.1) is 0 Å². The van der Waals surface area contributed by atoms with E-state index in [1.165, 1.54) is 54.4 Å². The molecule has 1 saturated carbocycles. The summed E-state index contributed by atoms with van der Waals surface area (Å²) in [6.07, 6.45) is 6.17. The maximum Gasteiger partial charge on any atom is 0.119 e. The fourth-order valence-corrected chi connectivity index (χ4v) is 4.32. The topological polar surface area (TPSA) is 29.5 Å². The molecule has 0 atom stereocenters. The molecule has 0 spiro atoms. The average Bonchev–Trinajstić information content (AvgIpc) is 2.55. The fourth-order valence-electron chi connectivity index (χ4n) is 4.32. The third kappa shape index (κ3) is 2.83. The minimum Gasteiger partial charge on any atom is -0.508 e. The molecule has 0 bridgehead atoms. The van der Waals surface area contributed by atoms with Gasteiger partial charge < -0.3 is 9.84 Å². The van der Waals surface area contributed by atoms with Gasteiger partial charge in [0.25, 0.3) is 0 Å². The van der Waals surface area contributed by atoms with Gasteiger partial charge >= 0.3 is 0 Å². The van der Waals surface area contributed by atoms with E-state index in [4.69, 9.17) is 4.74 Å². The van der Waals surface area contributed by atoms with Gasteiger partial charge in [0.2, 0.25) is 0 Å². The molecular formula is C21H26O2. The molecule has 2 aromatic rings. The highest BCUT2D eigenvalue weighted by Crippen LogP contribution is 2.47. The van der Waals surface area contributed by atoms with Gasteiger partial charge in [0.15, 0.2) is 0 Å². The van der Waals surface area contributed by atoms with Crippen LogP contribution in [0.2, 0.25) is 0 Å². The van der Waals surface area contributed by atoms with E-state index in [9.17, 15) is 5.11 Å². The number of rotatable bonds is 3. The van der Waals surface area contributed by atoms with Crippen LogP contribution in [0.25, 0.3) is 0 Å². The van der Waals surface area contributed by atoms with Crippen LogP contribution in [-0.4, -0.2) is 12.2 Å². The largest absolute Gasteiger partial charge is 0.508 e. The molecule has 0 saturated heterocycles. The first-order valence-corrected chi connectivity index (χ1v) is 8.52. The van der Waals surface area contributed by atoms with Crippen molar-refractivity contribution in [3.8, 4) is 11.5 Å². The molecule has 1 aliphatic rings. The van der Waals surface area contributed by atoms with Crippen LogP contribution >= 0.6 is 0 Å². The second kappa shape index (κ2) is 6.27. The van der Waals surface area contributed by atoms with E-state index in [-0.39, 0.29) is 5.41 Å². The van der Waals surface area contributed by atoms with Crippen LogP contribution in [0.5, 0.6) is 11.5 Å². The van der Waals surface area contributed by atoms with Crippen molar-refractivity contribution in [1.82, 2.24) is 0 Å². The molecule has 3 rings (SSSR count). The number of aryl methyl sites for hydroxylation is 2. The van der Waals surface area contributed by atoms with Crippen LogP contribution in [0.3, 0.4) is 0 Å². The molecule has 23 heavy (non-hydrogen) atoms. The molecule has 1 N–H and O–H groups in total. The highest BCUT2D eigenvalue weighted by molar-refractivity contribution is 5.50. The zero-order valence-corrected chi connectivity index (χ0v) is 14.4. The van der Waals surface area contributed by atoms with Gasteiger partial charge in [-0.25, -0.2) is 0 Å². The van der Waals surface area contributed by atoms with Gasteiger partial charge in [-0.2, -0.15) is 0 Å². The predicted octanol–water partition coefficient (Wildman–Crippen LogP) is 5.27. The quantitative estimate of drug-likeness (QED) is 0.837. The van der Waals surface area contributed by atoms with Gasteiger partial charge in [0, 0.05) is 5.41 Å². The van der Waals surface area contributed by atoms with Crippen molar-refractivity contribution in [1.29, 1.82) is 0 Å². The van der Waals surface area contributed by atoms with Crippen LogP contribution in [0.1, 0.15) is 54.4 Å². The normalized spacial score (nSPS) is 17.0. The standard InChI is InChI=1S/C21H26O2/c1-15-13-17(22)7-9-19(15)21(11-5-4-6-12-21)20-10-8-18(23-3)14-16(20)2/h7-10,13-14,22H,4-6,11-12H2,1-3H3. The van der Waals surface area contributed by atoms with Crippen molar-refractivity contribution in [2.45, 2.75) is 51.4 Å². The lowest BCUT2D eigenvalue weighted by Crippen LogP contribution is -2.32. The Bertz CT molecular complexity index is 697. The third-order valence-corrected chi connectivity index (χ3v) is 5.38. The second-order valence-electron chi connectivity index (χ2n) is 6.82. The molecule has 1 aliphatic carbocycles. The van der Waals surface area contributed by atoms with Gasteiger partial charge in [0.1, 0.15) is 11.5 Å². The molecule has 0 aliphatic heterocycles. The van der Waals surface area contributed by atoms with E-state index in [0.29, 0.717) is 5.75 Å². The smallest absolute Gasteiger partial charge is 0.119 e. The summed E-state index contributed by atoms with van der Waals surface area (Å²) in [5.74, 6) is 1.27. The first-order valence-electron chi connectivity index (χ1n) is 8.52. The number of benzene rings is 2. The first-order chi connectivity index (χ1) is 11.1. The van der Waals surface area contributed by atoms with E-state index < -0.39 is 0 Å². The van der Waals surface area contributed by atoms with E-state index >= 15 is 0 Å². The lowest BCUT2D eigenvalue weighted by Gasteiger charge is -2.40. The zero-order valence-electron chi connectivity index (χ0n) is 14.4. The summed E-state index contributed by atoms with van der Waals surface area (Å²) in [6.45, 7) is 4.30. The molecule has 2 nitrogen and oxygen atoms in total. The molecule has 0 unspecified atom stereocenters. The van der Waals surface area contributed by atoms with E-state index in [0.717, 1.165) is 5.75 Å². The van der Waals surface area contributed by atoms with Crippen LogP contribution in [0, 0.1) is 13.8 Å². The lowest BCUT2D eigenvalue weighted by atomic mass is 9.63. The summed E-state index contributed by atoms with van der Waals surface area (Å²) >= 11 is 0. The number of phenolic OH excluding ortho intramolecular Hbond substituents is 1. The summed E-state index contributed by atoms with van der Waals surface area (Å²) in [5, 5.41) is 9.80. The van der Waals surface area contributed by atoms with Crippen molar-refractivity contribution in [3.63, 3.8) is 0 Å². The Labute approximate surface area is 139 Å². The Morgan fingerprint density at radius 1 is 0.870 bits per heavy atom. The van der Waals surface area contributed by atoms with Crippen LogP contribution < -0.4 is 4.74 Å². The molecule has 0 amide bonds. The Kier molecular flexibility index (Phi) is 4.34. The summed E-state index contributed by atoms with van der Waals surface area (Å²) in [6, 6.07) is 12.3. The average molecular weight is 310 g/mol. The van der Waals surface area contributed by atoms with Crippen molar-refractivity contribution >= 4 is 0 Å². The number of ether oxygens (including phenoxy) is 1. The summed E-state index contributed by atoms with van der Waals surface area (Å²) < 4.78 is 5.38. The van der Waals surface area contributed by atoms with Crippen molar-refractivity contribution in [3.05, 3.63) is 58.7 Å². The molecule has 0 heterocycles. The monoisotopic (exact) mass is 310 g/mol. The Balaban J connectivity index is 2.17. The highest BCUT2D eigenvalue weighted by Gasteiger charge is 2.37. The van der Waals surface area contributed by atoms with Crippen LogP contribution in [-0.2, 0) is 5.41 Å². The molecule has 122 valence electrons. The van der Waals surface area contributed by atoms with Gasteiger partial charge in [0.05, 0.1) is 7.11 Å². The maximum atomic E-state index is 9.80.